The molecule has 5 nitrogen and oxygen atoms in total. The van der Waals surface area contributed by atoms with E-state index < -0.39 is 11.9 Å². The van der Waals surface area contributed by atoms with E-state index in [1.807, 2.05) is 0 Å². The third kappa shape index (κ3) is 4.73. The minimum atomic E-state index is -0.609. The maximum absolute atomic E-state index is 12.1. The number of esters is 2. The van der Waals surface area contributed by atoms with Crippen molar-refractivity contribution in [3.05, 3.63) is 29.8 Å². The fraction of sp³-hybridized carbons (Fsp3) is 0.579. The Morgan fingerprint density at radius 3 is 2.62 bits per heavy atom. The molecule has 0 unspecified atom stereocenters. The second-order valence-corrected chi connectivity index (χ2v) is 7.02. The summed E-state index contributed by atoms with van der Waals surface area (Å²) in [5.41, 5.74) is 6.32. The van der Waals surface area contributed by atoms with Crippen LogP contribution in [-0.4, -0.2) is 24.6 Å². The van der Waals surface area contributed by atoms with Crippen molar-refractivity contribution in [1.29, 1.82) is 0 Å². The van der Waals surface area contributed by atoms with E-state index >= 15 is 0 Å². The van der Waals surface area contributed by atoms with Gasteiger partial charge in [0, 0.05) is 5.69 Å². The van der Waals surface area contributed by atoms with Crippen molar-refractivity contribution in [1.82, 2.24) is 0 Å². The second kappa shape index (κ2) is 8.18. The molecule has 1 aliphatic carbocycles. The van der Waals surface area contributed by atoms with E-state index in [0.717, 1.165) is 12.8 Å². The molecule has 1 fully saturated rings. The van der Waals surface area contributed by atoms with Crippen LogP contribution >= 0.6 is 0 Å². The summed E-state index contributed by atoms with van der Waals surface area (Å²) < 4.78 is 10.6. The van der Waals surface area contributed by atoms with Crippen LogP contribution in [0.1, 0.15) is 50.4 Å². The van der Waals surface area contributed by atoms with Gasteiger partial charge in [0.15, 0.2) is 6.61 Å². The number of hydrogen-bond donors (Lipinski definition) is 1. The lowest BCUT2D eigenvalue weighted by molar-refractivity contribution is -0.159. The van der Waals surface area contributed by atoms with Crippen LogP contribution in [0.2, 0.25) is 0 Å². The third-order valence-corrected chi connectivity index (χ3v) is 4.75. The molecular weight excluding hydrogens is 306 g/mol. The van der Waals surface area contributed by atoms with Crippen molar-refractivity contribution in [3.63, 3.8) is 0 Å². The molecule has 3 atom stereocenters. The highest BCUT2D eigenvalue weighted by atomic mass is 16.6. The van der Waals surface area contributed by atoms with Crippen molar-refractivity contribution >= 4 is 17.6 Å². The largest absolute Gasteiger partial charge is 0.460 e. The summed E-state index contributed by atoms with van der Waals surface area (Å²) in [7, 11) is 0. The molecule has 2 rings (SSSR count). The van der Waals surface area contributed by atoms with Gasteiger partial charge in [0.2, 0.25) is 0 Å². The number of nitrogens with two attached hydrogens (primary N) is 1. The molecule has 0 bridgehead atoms. The summed E-state index contributed by atoms with van der Waals surface area (Å²) in [5.74, 6) is 0.266. The molecule has 0 heterocycles. The molecule has 0 amide bonds. The summed E-state index contributed by atoms with van der Waals surface area (Å²) in [6, 6.07) is 6.62. The van der Waals surface area contributed by atoms with Gasteiger partial charge >= 0.3 is 11.9 Å². The molecule has 1 aliphatic rings. The molecule has 5 heteroatoms. The van der Waals surface area contributed by atoms with E-state index in [1.165, 1.54) is 6.42 Å². The maximum atomic E-state index is 12.1. The average molecular weight is 333 g/mol. The Morgan fingerprint density at radius 1 is 1.25 bits per heavy atom. The van der Waals surface area contributed by atoms with E-state index in [9.17, 15) is 9.59 Å². The SMILES string of the molecule is CC(C)[C@@H]1CC[C@@H](C)C[C@H]1OC(=O)COC(=O)c1ccccc1N. The lowest BCUT2D eigenvalue weighted by Crippen LogP contribution is -2.36. The highest BCUT2D eigenvalue weighted by Gasteiger charge is 2.33. The van der Waals surface area contributed by atoms with Crippen LogP contribution in [0.3, 0.4) is 0 Å². The zero-order chi connectivity index (χ0) is 17.7. The van der Waals surface area contributed by atoms with Gasteiger partial charge in [-0.05, 0) is 42.7 Å². The molecule has 24 heavy (non-hydrogen) atoms. The van der Waals surface area contributed by atoms with E-state index in [0.29, 0.717) is 23.4 Å². The highest BCUT2D eigenvalue weighted by Crippen LogP contribution is 2.35. The first kappa shape index (κ1) is 18.3. The van der Waals surface area contributed by atoms with E-state index in [2.05, 4.69) is 20.8 Å². The Labute approximate surface area is 143 Å². The van der Waals surface area contributed by atoms with Gasteiger partial charge in [-0.25, -0.2) is 9.59 Å². The second-order valence-electron chi connectivity index (χ2n) is 7.02. The summed E-state index contributed by atoms with van der Waals surface area (Å²) in [5, 5.41) is 0. The monoisotopic (exact) mass is 333 g/mol. The van der Waals surface area contributed by atoms with E-state index in [-0.39, 0.29) is 18.3 Å². The number of carbonyl (C=O) groups is 2. The highest BCUT2D eigenvalue weighted by molar-refractivity contribution is 5.95. The Morgan fingerprint density at radius 2 is 1.96 bits per heavy atom. The molecule has 2 N–H and O–H groups in total. The Bertz CT molecular complexity index is 584. The first-order valence-corrected chi connectivity index (χ1v) is 8.59. The Kier molecular flexibility index (Phi) is 6.23. The van der Waals surface area contributed by atoms with Gasteiger partial charge < -0.3 is 15.2 Å². The molecule has 1 saturated carbocycles. The van der Waals surface area contributed by atoms with E-state index in [4.69, 9.17) is 15.2 Å². The van der Waals surface area contributed by atoms with Crippen LogP contribution in [0.15, 0.2) is 24.3 Å². The molecule has 0 saturated heterocycles. The van der Waals surface area contributed by atoms with Crippen LogP contribution in [-0.2, 0) is 14.3 Å². The zero-order valence-electron chi connectivity index (χ0n) is 14.7. The van der Waals surface area contributed by atoms with Gasteiger partial charge in [0.1, 0.15) is 6.10 Å². The lowest BCUT2D eigenvalue weighted by atomic mass is 9.75. The molecule has 1 aromatic rings. The molecule has 0 spiro atoms. The van der Waals surface area contributed by atoms with Crippen molar-refractivity contribution < 1.29 is 19.1 Å². The van der Waals surface area contributed by atoms with Crippen LogP contribution in [0.25, 0.3) is 0 Å². The average Bonchev–Trinajstić information content (AvgIpc) is 2.53. The van der Waals surface area contributed by atoms with Gasteiger partial charge in [-0.2, -0.15) is 0 Å². The number of anilines is 1. The molecule has 0 aromatic heterocycles. The molecule has 132 valence electrons. The van der Waals surface area contributed by atoms with Crippen molar-refractivity contribution in [3.8, 4) is 0 Å². The standard InChI is InChI=1S/C19H27NO4/c1-12(2)14-9-8-13(3)10-17(14)24-18(21)11-23-19(22)15-6-4-5-7-16(15)20/h4-7,12-14,17H,8-11,20H2,1-3H3/t13-,14+,17-/m1/s1. The first-order valence-electron chi connectivity index (χ1n) is 8.59. The normalized spacial score (nSPS) is 23.8. The Hall–Kier alpha value is -2.04. The van der Waals surface area contributed by atoms with Gasteiger partial charge in [-0.15, -0.1) is 0 Å². The number of carbonyl (C=O) groups excluding carboxylic acids is 2. The van der Waals surface area contributed by atoms with Gasteiger partial charge in [0.05, 0.1) is 5.56 Å². The molecule has 1 aromatic carbocycles. The van der Waals surface area contributed by atoms with Crippen LogP contribution < -0.4 is 5.73 Å². The summed E-state index contributed by atoms with van der Waals surface area (Å²) >= 11 is 0. The predicted octanol–water partition coefficient (Wildman–Crippen LogP) is 3.43. The summed E-state index contributed by atoms with van der Waals surface area (Å²) in [6.07, 6.45) is 3.01. The fourth-order valence-electron chi connectivity index (χ4n) is 3.34. The number of ether oxygens (including phenoxy) is 2. The molecule has 0 aliphatic heterocycles. The van der Waals surface area contributed by atoms with Crippen LogP contribution in [0, 0.1) is 17.8 Å². The quantitative estimate of drug-likeness (QED) is 0.660. The summed E-state index contributed by atoms with van der Waals surface area (Å²) in [6.45, 7) is 6.10. The maximum Gasteiger partial charge on any atom is 0.344 e. The minimum Gasteiger partial charge on any atom is -0.460 e. The number of rotatable bonds is 5. The fourth-order valence-corrected chi connectivity index (χ4v) is 3.34. The molecule has 0 radical (unpaired) electrons. The van der Waals surface area contributed by atoms with Gasteiger partial charge in [-0.1, -0.05) is 39.3 Å². The van der Waals surface area contributed by atoms with Crippen molar-refractivity contribution in [2.24, 2.45) is 17.8 Å². The number of benzene rings is 1. The lowest BCUT2D eigenvalue weighted by Gasteiger charge is -2.36. The minimum absolute atomic E-state index is 0.0956. The third-order valence-electron chi connectivity index (χ3n) is 4.75. The van der Waals surface area contributed by atoms with E-state index in [1.54, 1.807) is 24.3 Å². The van der Waals surface area contributed by atoms with Crippen molar-refractivity contribution in [2.75, 3.05) is 12.3 Å². The number of para-hydroxylation sites is 1. The summed E-state index contributed by atoms with van der Waals surface area (Å²) in [4.78, 5) is 24.1. The van der Waals surface area contributed by atoms with Crippen LogP contribution in [0.4, 0.5) is 5.69 Å². The molecular formula is C19H27NO4. The smallest absolute Gasteiger partial charge is 0.344 e. The predicted molar refractivity (Wildman–Crippen MR) is 92.4 cm³/mol. The van der Waals surface area contributed by atoms with Gasteiger partial charge in [-0.3, -0.25) is 0 Å². The topological polar surface area (TPSA) is 78.6 Å². The van der Waals surface area contributed by atoms with Gasteiger partial charge in [0.25, 0.3) is 0 Å². The van der Waals surface area contributed by atoms with Crippen LogP contribution in [0.5, 0.6) is 0 Å². The Balaban J connectivity index is 1.88. The van der Waals surface area contributed by atoms with Crippen molar-refractivity contribution in [2.45, 2.75) is 46.1 Å². The first-order chi connectivity index (χ1) is 11.4. The number of hydrogen-bond acceptors (Lipinski definition) is 5. The zero-order valence-corrected chi connectivity index (χ0v) is 14.7. The number of nitrogen functional groups attached to an aromatic ring is 1.